The molecule has 92 valence electrons. The number of hydrogen-bond donors (Lipinski definition) is 3. The molecule has 0 spiro atoms. The molecule has 4 nitrogen and oxygen atoms in total. The third kappa shape index (κ3) is 2.44. The van der Waals surface area contributed by atoms with Crippen molar-refractivity contribution in [1.29, 1.82) is 5.26 Å². The van der Waals surface area contributed by atoms with Crippen molar-refractivity contribution in [3.63, 3.8) is 0 Å². The molecule has 0 amide bonds. The number of halogens is 1. The van der Waals surface area contributed by atoms with Crippen LogP contribution < -0.4 is 16.8 Å². The Morgan fingerprint density at radius 3 is 2.71 bits per heavy atom. The fourth-order valence-electron chi connectivity index (χ4n) is 1.92. The highest BCUT2D eigenvalue weighted by Crippen LogP contribution is 2.39. The molecule has 1 heterocycles. The van der Waals surface area contributed by atoms with Crippen LogP contribution in [-0.4, -0.2) is 20.1 Å². The number of anilines is 1. The highest BCUT2D eigenvalue weighted by Gasteiger charge is 2.34. The molecule has 5 N–H and O–H groups in total. The lowest BCUT2D eigenvalue weighted by molar-refractivity contribution is 0.536. The van der Waals surface area contributed by atoms with Crippen molar-refractivity contribution in [3.05, 3.63) is 27.7 Å². The van der Waals surface area contributed by atoms with Crippen LogP contribution in [0.4, 0.5) is 5.69 Å². The molecule has 17 heavy (non-hydrogen) atoms. The van der Waals surface area contributed by atoms with E-state index >= 15 is 0 Å². The third-order valence-corrected chi connectivity index (χ3v) is 3.44. The molecule has 1 aromatic carbocycles. The topological polar surface area (TPSA) is 87.9 Å². The summed E-state index contributed by atoms with van der Waals surface area (Å²) in [6, 6.07) is 6.07. The molecule has 0 aromatic heterocycles. The van der Waals surface area contributed by atoms with E-state index in [4.69, 9.17) is 11.0 Å². The fourth-order valence-corrected chi connectivity index (χ4v) is 2.38. The van der Waals surface area contributed by atoms with E-state index in [-0.39, 0.29) is 5.41 Å². The SMILES string of the molecule is CN.C[C@@]1(CN)CNc2c(C#N)cc(Br)cc21. The predicted octanol–water partition coefficient (Wildman–Crippen LogP) is 1.54. The second kappa shape index (κ2) is 5.50. The highest BCUT2D eigenvalue weighted by molar-refractivity contribution is 9.10. The lowest BCUT2D eigenvalue weighted by Crippen LogP contribution is -2.33. The quantitative estimate of drug-likeness (QED) is 0.733. The van der Waals surface area contributed by atoms with E-state index < -0.39 is 0 Å². The molecule has 0 radical (unpaired) electrons. The molecule has 1 aromatic rings. The minimum atomic E-state index is -0.0648. The summed E-state index contributed by atoms with van der Waals surface area (Å²) in [5, 5.41) is 12.3. The molecule has 0 aliphatic carbocycles. The van der Waals surface area contributed by atoms with E-state index in [1.165, 1.54) is 7.05 Å². The molecule has 0 unspecified atom stereocenters. The highest BCUT2D eigenvalue weighted by atomic mass is 79.9. The Kier molecular flexibility index (Phi) is 4.52. The number of hydrogen-bond acceptors (Lipinski definition) is 4. The minimum Gasteiger partial charge on any atom is -0.383 e. The molecule has 0 fully saturated rings. The van der Waals surface area contributed by atoms with Gasteiger partial charge in [-0.25, -0.2) is 0 Å². The lowest BCUT2D eigenvalue weighted by atomic mass is 9.84. The molecular weight excluding hydrogens is 280 g/mol. The molecule has 1 aliphatic rings. The normalized spacial score (nSPS) is 20.7. The summed E-state index contributed by atoms with van der Waals surface area (Å²) in [7, 11) is 1.50. The number of nitrogens with one attached hydrogen (secondary N) is 1. The van der Waals surface area contributed by atoms with E-state index in [2.05, 4.69) is 40.0 Å². The van der Waals surface area contributed by atoms with E-state index in [1.807, 2.05) is 12.1 Å². The number of fused-ring (bicyclic) bond motifs is 1. The van der Waals surface area contributed by atoms with Crippen LogP contribution in [0.2, 0.25) is 0 Å². The van der Waals surface area contributed by atoms with Crippen molar-refractivity contribution in [2.45, 2.75) is 12.3 Å². The summed E-state index contributed by atoms with van der Waals surface area (Å²) in [6.45, 7) is 3.48. The van der Waals surface area contributed by atoms with Crippen molar-refractivity contribution < 1.29 is 0 Å². The first-order valence-corrected chi connectivity index (χ1v) is 6.16. The molecular formula is C12H17BrN4. The Hall–Kier alpha value is -1.09. The van der Waals surface area contributed by atoms with Crippen LogP contribution in [0.15, 0.2) is 16.6 Å². The van der Waals surface area contributed by atoms with Gasteiger partial charge in [-0.15, -0.1) is 0 Å². The van der Waals surface area contributed by atoms with Gasteiger partial charge >= 0.3 is 0 Å². The zero-order valence-electron chi connectivity index (χ0n) is 10.0. The first-order valence-electron chi connectivity index (χ1n) is 5.36. The first kappa shape index (κ1) is 14.0. The first-order chi connectivity index (χ1) is 8.10. The molecule has 1 aliphatic heterocycles. The number of benzene rings is 1. The molecule has 5 heteroatoms. The van der Waals surface area contributed by atoms with Crippen LogP contribution in [0.25, 0.3) is 0 Å². The summed E-state index contributed by atoms with van der Waals surface area (Å²) in [6.07, 6.45) is 0. The number of nitrogens with zero attached hydrogens (tertiary/aromatic N) is 1. The molecule has 0 saturated carbocycles. The summed E-state index contributed by atoms with van der Waals surface area (Å²) in [5.74, 6) is 0. The van der Waals surface area contributed by atoms with Crippen LogP contribution in [0.3, 0.4) is 0 Å². The van der Waals surface area contributed by atoms with Crippen molar-refractivity contribution >= 4 is 21.6 Å². The van der Waals surface area contributed by atoms with Gasteiger partial charge in [-0.3, -0.25) is 0 Å². The molecule has 0 bridgehead atoms. The van der Waals surface area contributed by atoms with Gasteiger partial charge in [-0.2, -0.15) is 5.26 Å². The Balaban J connectivity index is 0.000000686. The van der Waals surface area contributed by atoms with Crippen molar-refractivity contribution in [2.75, 3.05) is 25.5 Å². The lowest BCUT2D eigenvalue weighted by Gasteiger charge is -2.21. The average Bonchev–Trinajstić information content (AvgIpc) is 2.70. The second-order valence-corrected chi connectivity index (χ2v) is 5.02. The second-order valence-electron chi connectivity index (χ2n) is 4.11. The van der Waals surface area contributed by atoms with Gasteiger partial charge in [0.2, 0.25) is 0 Å². The Labute approximate surface area is 110 Å². The van der Waals surface area contributed by atoms with E-state index in [0.29, 0.717) is 12.1 Å². The summed E-state index contributed by atoms with van der Waals surface area (Å²) in [4.78, 5) is 0. The summed E-state index contributed by atoms with van der Waals surface area (Å²) >= 11 is 3.42. The average molecular weight is 297 g/mol. The Morgan fingerprint density at radius 2 is 2.18 bits per heavy atom. The summed E-state index contributed by atoms with van der Waals surface area (Å²) in [5.41, 5.74) is 13.0. The molecule has 1 atom stereocenters. The smallest absolute Gasteiger partial charge is 0.101 e. The van der Waals surface area contributed by atoms with E-state index in [1.54, 1.807) is 0 Å². The Morgan fingerprint density at radius 1 is 1.53 bits per heavy atom. The maximum Gasteiger partial charge on any atom is 0.101 e. The van der Waals surface area contributed by atoms with Crippen LogP contribution in [-0.2, 0) is 5.41 Å². The van der Waals surface area contributed by atoms with Gasteiger partial charge in [0.25, 0.3) is 0 Å². The van der Waals surface area contributed by atoms with Gasteiger partial charge in [-0.05, 0) is 24.7 Å². The van der Waals surface area contributed by atoms with Gasteiger partial charge in [-0.1, -0.05) is 22.9 Å². The van der Waals surface area contributed by atoms with Gasteiger partial charge in [0.1, 0.15) is 6.07 Å². The van der Waals surface area contributed by atoms with Gasteiger partial charge in [0.05, 0.1) is 11.3 Å². The van der Waals surface area contributed by atoms with Crippen LogP contribution in [0.5, 0.6) is 0 Å². The van der Waals surface area contributed by atoms with Crippen molar-refractivity contribution in [1.82, 2.24) is 0 Å². The predicted molar refractivity (Wildman–Crippen MR) is 73.9 cm³/mol. The largest absolute Gasteiger partial charge is 0.383 e. The Bertz CT molecular complexity index is 453. The zero-order chi connectivity index (χ0) is 13.1. The van der Waals surface area contributed by atoms with Gasteiger partial charge in [0, 0.05) is 23.0 Å². The van der Waals surface area contributed by atoms with Gasteiger partial charge < -0.3 is 16.8 Å². The van der Waals surface area contributed by atoms with Crippen LogP contribution in [0.1, 0.15) is 18.1 Å². The zero-order valence-corrected chi connectivity index (χ0v) is 11.6. The van der Waals surface area contributed by atoms with Gasteiger partial charge in [0.15, 0.2) is 0 Å². The number of rotatable bonds is 1. The van der Waals surface area contributed by atoms with E-state index in [9.17, 15) is 0 Å². The molecule has 0 saturated heterocycles. The van der Waals surface area contributed by atoms with E-state index in [0.717, 1.165) is 22.3 Å². The minimum absolute atomic E-state index is 0.0648. The standard InChI is InChI=1S/C11H12BrN3.CH5N/c1-11(5-14)6-15-10-7(4-13)2-8(12)3-9(10)11;1-2/h2-3,15H,5-6,14H2,1H3;2H2,1H3/t11-;/m1./s1. The third-order valence-electron chi connectivity index (χ3n) is 2.98. The van der Waals surface area contributed by atoms with Crippen LogP contribution >= 0.6 is 15.9 Å². The van der Waals surface area contributed by atoms with Crippen molar-refractivity contribution in [3.8, 4) is 6.07 Å². The van der Waals surface area contributed by atoms with Crippen molar-refractivity contribution in [2.24, 2.45) is 11.5 Å². The monoisotopic (exact) mass is 296 g/mol. The number of nitrogens with two attached hydrogens (primary N) is 2. The van der Waals surface area contributed by atoms with Crippen LogP contribution in [0, 0.1) is 11.3 Å². The maximum atomic E-state index is 9.03. The number of nitriles is 1. The summed E-state index contributed by atoms with van der Waals surface area (Å²) < 4.78 is 0.932. The fraction of sp³-hybridized carbons (Fsp3) is 0.417. The maximum absolute atomic E-state index is 9.03. The molecule has 2 rings (SSSR count).